The van der Waals surface area contributed by atoms with Crippen LogP contribution in [-0.2, 0) is 0 Å². The zero-order valence-corrected chi connectivity index (χ0v) is 12.8. The average Bonchev–Trinajstić information content (AvgIpc) is 2.80. The number of non-ortho nitro benzene ring substituents is 1. The first kappa shape index (κ1) is 15.5. The van der Waals surface area contributed by atoms with E-state index in [9.17, 15) is 15.0 Å². The van der Waals surface area contributed by atoms with Crippen LogP contribution in [-0.4, -0.2) is 35.1 Å². The van der Waals surface area contributed by atoms with Gasteiger partial charge >= 0.3 is 0 Å². The van der Waals surface area contributed by atoms with Gasteiger partial charge in [0.1, 0.15) is 5.84 Å². The van der Waals surface area contributed by atoms with Crippen molar-refractivity contribution in [2.24, 2.45) is 15.3 Å². The maximum Gasteiger partial charge on any atom is 0.270 e. The number of likely N-dealkylation sites (N-methyl/N-ethyl adjacent to an activating group) is 1. The highest BCUT2D eigenvalue weighted by Gasteiger charge is 2.21. The third kappa shape index (κ3) is 2.89. The van der Waals surface area contributed by atoms with Gasteiger partial charge in [-0.1, -0.05) is 30.3 Å². The minimum absolute atomic E-state index is 0.0436. The molecule has 0 saturated carbocycles. The molecule has 0 fully saturated rings. The van der Waals surface area contributed by atoms with Gasteiger partial charge in [0.25, 0.3) is 5.69 Å². The number of fused-ring (bicyclic) bond motifs is 1. The van der Waals surface area contributed by atoms with Crippen LogP contribution in [0.3, 0.4) is 0 Å². The molecule has 0 bridgehead atoms. The van der Waals surface area contributed by atoms with Crippen LogP contribution in [0.2, 0.25) is 0 Å². The Balaban J connectivity index is 2.20. The smallest absolute Gasteiger partial charge is 0.270 e. The van der Waals surface area contributed by atoms with Gasteiger partial charge in [-0.15, -0.1) is 4.91 Å². The molecule has 0 radical (unpaired) electrons. The van der Waals surface area contributed by atoms with Gasteiger partial charge in [0.2, 0.25) is 0 Å². The average molecular weight is 323 g/mol. The van der Waals surface area contributed by atoms with Crippen LogP contribution in [0.15, 0.2) is 63.8 Å². The molecule has 3 rings (SSSR count). The van der Waals surface area contributed by atoms with Crippen molar-refractivity contribution in [3.05, 3.63) is 74.7 Å². The number of nitro benzene ring substituents is 1. The largest absolute Gasteiger partial charge is 0.276 e. The van der Waals surface area contributed by atoms with E-state index >= 15 is 0 Å². The van der Waals surface area contributed by atoms with Crippen molar-refractivity contribution in [1.29, 1.82) is 0 Å². The second kappa shape index (κ2) is 6.37. The van der Waals surface area contributed by atoms with Crippen molar-refractivity contribution in [3.8, 4) is 0 Å². The fourth-order valence-electron chi connectivity index (χ4n) is 2.40. The molecule has 2 aromatic carbocycles. The minimum Gasteiger partial charge on any atom is -0.276 e. The van der Waals surface area contributed by atoms with E-state index in [0.29, 0.717) is 22.8 Å². The van der Waals surface area contributed by atoms with Crippen LogP contribution in [0.1, 0.15) is 11.1 Å². The van der Waals surface area contributed by atoms with E-state index in [1.54, 1.807) is 6.07 Å². The molecule has 0 aliphatic carbocycles. The lowest BCUT2D eigenvalue weighted by Gasteiger charge is -2.08. The molecule has 0 amide bonds. The normalized spacial score (nSPS) is 13.2. The first-order chi connectivity index (χ1) is 11.6. The number of aliphatic imine (C=N–C) groups is 2. The monoisotopic (exact) mass is 323 g/mol. The van der Waals surface area contributed by atoms with E-state index in [1.807, 2.05) is 30.3 Å². The number of amidine groups is 1. The number of benzene rings is 2. The summed E-state index contributed by atoms with van der Waals surface area (Å²) in [6, 6.07) is 13.7. The molecule has 0 spiro atoms. The zero-order valence-electron chi connectivity index (χ0n) is 12.8. The summed E-state index contributed by atoms with van der Waals surface area (Å²) in [5, 5.41) is 15.0. The molecule has 2 aromatic rings. The minimum atomic E-state index is -0.461. The SMILES string of the molecule is CN(N=O)C1=Nc2ccc([N+](=O)[O-])cc2C(c2ccccc2)=NC1. The quantitative estimate of drug-likeness (QED) is 0.492. The van der Waals surface area contributed by atoms with Crippen LogP contribution in [0.4, 0.5) is 11.4 Å². The number of rotatable bonds is 3. The second-order valence-electron chi connectivity index (χ2n) is 5.12. The summed E-state index contributed by atoms with van der Waals surface area (Å²) < 4.78 is 0. The summed E-state index contributed by atoms with van der Waals surface area (Å²) in [6.07, 6.45) is 0. The molecule has 0 atom stereocenters. The van der Waals surface area contributed by atoms with Gasteiger partial charge in [0.05, 0.1) is 28.2 Å². The van der Waals surface area contributed by atoms with E-state index in [2.05, 4.69) is 15.3 Å². The summed E-state index contributed by atoms with van der Waals surface area (Å²) in [7, 11) is 1.49. The molecule has 0 N–H and O–H groups in total. The van der Waals surface area contributed by atoms with Crippen molar-refractivity contribution >= 4 is 22.9 Å². The van der Waals surface area contributed by atoms with E-state index in [1.165, 1.54) is 19.2 Å². The van der Waals surface area contributed by atoms with Crippen LogP contribution in [0.5, 0.6) is 0 Å². The highest BCUT2D eigenvalue weighted by atomic mass is 16.6. The van der Waals surface area contributed by atoms with Crippen molar-refractivity contribution < 1.29 is 4.92 Å². The molecule has 0 unspecified atom stereocenters. The molecule has 24 heavy (non-hydrogen) atoms. The van der Waals surface area contributed by atoms with Gasteiger partial charge in [0.15, 0.2) is 0 Å². The lowest BCUT2D eigenvalue weighted by atomic mass is 10.00. The Kier molecular flexibility index (Phi) is 4.11. The molecule has 8 heteroatoms. The van der Waals surface area contributed by atoms with Crippen LogP contribution >= 0.6 is 0 Å². The Hall–Kier alpha value is -3.42. The lowest BCUT2D eigenvalue weighted by molar-refractivity contribution is -0.384. The second-order valence-corrected chi connectivity index (χ2v) is 5.12. The summed E-state index contributed by atoms with van der Waals surface area (Å²) in [4.78, 5) is 30.3. The summed E-state index contributed by atoms with van der Waals surface area (Å²) >= 11 is 0. The number of hydrogen-bond donors (Lipinski definition) is 0. The Bertz CT molecular complexity index is 861. The number of nitrogens with zero attached hydrogens (tertiary/aromatic N) is 5. The van der Waals surface area contributed by atoms with E-state index in [-0.39, 0.29) is 12.2 Å². The van der Waals surface area contributed by atoms with Gasteiger partial charge in [-0.25, -0.2) is 10.0 Å². The van der Waals surface area contributed by atoms with Gasteiger partial charge in [-0.3, -0.25) is 15.1 Å². The Morgan fingerprint density at radius 2 is 1.96 bits per heavy atom. The number of nitro groups is 1. The Morgan fingerprint density at radius 3 is 2.62 bits per heavy atom. The van der Waals surface area contributed by atoms with Gasteiger partial charge < -0.3 is 0 Å². The van der Waals surface area contributed by atoms with Gasteiger partial charge in [-0.2, -0.15) is 0 Å². The molecule has 8 nitrogen and oxygen atoms in total. The standard InChI is InChI=1S/C16H13N5O3/c1-20(19-22)15-10-17-16(11-5-3-2-4-6-11)13-9-12(21(23)24)7-8-14(13)18-15/h2-9H,10H2,1H3. The highest BCUT2D eigenvalue weighted by Crippen LogP contribution is 2.29. The first-order valence-electron chi connectivity index (χ1n) is 7.13. The van der Waals surface area contributed by atoms with Crippen LogP contribution < -0.4 is 0 Å². The number of hydrogen-bond acceptors (Lipinski definition) is 6. The topological polar surface area (TPSA) is 101 Å². The molecule has 0 aromatic heterocycles. The molecule has 0 saturated heterocycles. The van der Waals surface area contributed by atoms with Crippen molar-refractivity contribution in [1.82, 2.24) is 5.01 Å². The predicted molar refractivity (Wildman–Crippen MR) is 90.7 cm³/mol. The number of nitroso groups, excluding NO2 is 1. The molecule has 1 heterocycles. The van der Waals surface area contributed by atoms with E-state index in [0.717, 1.165) is 10.6 Å². The zero-order chi connectivity index (χ0) is 17.1. The third-order valence-corrected chi connectivity index (χ3v) is 3.62. The van der Waals surface area contributed by atoms with E-state index in [4.69, 9.17) is 0 Å². The Labute approximate surface area is 137 Å². The third-order valence-electron chi connectivity index (χ3n) is 3.62. The van der Waals surface area contributed by atoms with Gasteiger partial charge in [-0.05, 0) is 6.07 Å². The predicted octanol–water partition coefficient (Wildman–Crippen LogP) is 3.09. The molecular weight excluding hydrogens is 310 g/mol. The lowest BCUT2D eigenvalue weighted by Crippen LogP contribution is -2.23. The van der Waals surface area contributed by atoms with Crippen LogP contribution in [0.25, 0.3) is 0 Å². The highest BCUT2D eigenvalue weighted by molar-refractivity contribution is 6.17. The van der Waals surface area contributed by atoms with E-state index < -0.39 is 4.92 Å². The maximum atomic E-state index is 11.1. The molecule has 120 valence electrons. The molecular formula is C16H13N5O3. The van der Waals surface area contributed by atoms with Crippen molar-refractivity contribution in [2.75, 3.05) is 13.6 Å². The summed E-state index contributed by atoms with van der Waals surface area (Å²) in [6.45, 7) is 0.148. The fraction of sp³-hybridized carbons (Fsp3) is 0.125. The maximum absolute atomic E-state index is 11.1. The summed E-state index contributed by atoms with van der Waals surface area (Å²) in [5.74, 6) is 0.367. The fourth-order valence-corrected chi connectivity index (χ4v) is 2.40. The summed E-state index contributed by atoms with van der Waals surface area (Å²) in [5.41, 5.74) is 2.42. The molecule has 1 aliphatic rings. The van der Waals surface area contributed by atoms with Crippen LogP contribution in [0, 0.1) is 15.0 Å². The van der Waals surface area contributed by atoms with Crippen molar-refractivity contribution in [3.63, 3.8) is 0 Å². The van der Waals surface area contributed by atoms with Crippen molar-refractivity contribution in [2.45, 2.75) is 0 Å². The van der Waals surface area contributed by atoms with Gasteiger partial charge in [0, 0.05) is 30.3 Å². The first-order valence-corrected chi connectivity index (χ1v) is 7.13. The Morgan fingerprint density at radius 1 is 1.21 bits per heavy atom. The molecule has 1 aliphatic heterocycles.